The first-order chi connectivity index (χ1) is 8.81. The Morgan fingerprint density at radius 1 is 1.33 bits per heavy atom. The van der Waals surface area contributed by atoms with Gasteiger partial charge in [0.15, 0.2) is 0 Å². The lowest BCUT2D eigenvalue weighted by atomic mass is 10.2. The normalized spacial score (nSPS) is 12.6. The number of aliphatic hydroxyl groups is 1. The summed E-state index contributed by atoms with van der Waals surface area (Å²) in [6.45, 7) is 4.05. The van der Waals surface area contributed by atoms with Gasteiger partial charge >= 0.3 is 0 Å². The number of hydrogen-bond donors (Lipinski definition) is 2. The molecule has 4 nitrogen and oxygen atoms in total. The topological polar surface area (TPSA) is 50.1 Å². The zero-order chi connectivity index (χ0) is 12.8. The Hall–Kier alpha value is -1.65. The van der Waals surface area contributed by atoms with Crippen LogP contribution in [-0.2, 0) is 6.54 Å². The van der Waals surface area contributed by atoms with Gasteiger partial charge in [0.2, 0.25) is 0 Å². The lowest BCUT2D eigenvalue weighted by Gasteiger charge is -2.14. The van der Waals surface area contributed by atoms with Crippen LogP contribution in [0.1, 0.15) is 6.92 Å². The van der Waals surface area contributed by atoms with Gasteiger partial charge in [0, 0.05) is 24.5 Å². The van der Waals surface area contributed by atoms with Crippen molar-refractivity contribution in [2.45, 2.75) is 19.6 Å². The molecule has 1 heterocycles. The van der Waals surface area contributed by atoms with Crippen LogP contribution in [0.15, 0.2) is 42.7 Å². The Bertz CT molecular complexity index is 467. The van der Waals surface area contributed by atoms with Crippen molar-refractivity contribution >= 4 is 0 Å². The second kappa shape index (κ2) is 6.33. The number of benzene rings is 1. The number of aliphatic hydroxyl groups excluding tert-OH is 1. The zero-order valence-electron chi connectivity index (χ0n) is 10.6. The number of rotatable bonds is 6. The molecule has 1 atom stereocenters. The molecule has 0 aliphatic carbocycles. The fourth-order valence-electron chi connectivity index (χ4n) is 1.91. The molecule has 18 heavy (non-hydrogen) atoms. The molecule has 1 unspecified atom stereocenters. The number of imidazole rings is 1. The third-order valence-corrected chi connectivity index (χ3v) is 2.78. The van der Waals surface area contributed by atoms with E-state index in [9.17, 15) is 5.11 Å². The van der Waals surface area contributed by atoms with Gasteiger partial charge in [0.05, 0.1) is 12.6 Å². The van der Waals surface area contributed by atoms with E-state index < -0.39 is 6.10 Å². The average Bonchev–Trinajstić information content (AvgIpc) is 2.85. The van der Waals surface area contributed by atoms with E-state index in [0.717, 1.165) is 17.9 Å². The Kier molecular flexibility index (Phi) is 4.50. The Labute approximate surface area is 107 Å². The van der Waals surface area contributed by atoms with Crippen LogP contribution in [0.4, 0.5) is 0 Å². The molecule has 0 saturated heterocycles. The maximum absolute atomic E-state index is 9.91. The number of nitrogens with one attached hydrogen (secondary N) is 1. The molecule has 1 aromatic carbocycles. The highest BCUT2D eigenvalue weighted by Gasteiger charge is 2.09. The molecule has 0 bridgehead atoms. The van der Waals surface area contributed by atoms with E-state index in [1.54, 1.807) is 6.20 Å². The first-order valence-electron chi connectivity index (χ1n) is 6.26. The van der Waals surface area contributed by atoms with Gasteiger partial charge in [-0.1, -0.05) is 37.3 Å². The highest BCUT2D eigenvalue weighted by atomic mass is 16.3. The molecule has 2 rings (SSSR count). The second-order valence-electron chi connectivity index (χ2n) is 4.23. The van der Waals surface area contributed by atoms with Crippen molar-refractivity contribution in [3.05, 3.63) is 42.7 Å². The highest BCUT2D eigenvalue weighted by molar-refractivity contribution is 5.55. The Morgan fingerprint density at radius 2 is 2.11 bits per heavy atom. The summed E-state index contributed by atoms with van der Waals surface area (Å²) in [5, 5.41) is 13.0. The molecule has 0 amide bonds. The van der Waals surface area contributed by atoms with Crippen molar-refractivity contribution < 1.29 is 5.11 Å². The average molecular weight is 245 g/mol. The number of hydrogen-bond acceptors (Lipinski definition) is 3. The van der Waals surface area contributed by atoms with Crippen LogP contribution in [0.25, 0.3) is 11.4 Å². The number of aromatic nitrogens is 2. The van der Waals surface area contributed by atoms with Crippen molar-refractivity contribution in [2.75, 3.05) is 13.1 Å². The molecule has 4 heteroatoms. The molecule has 0 fully saturated rings. The smallest absolute Gasteiger partial charge is 0.139 e. The van der Waals surface area contributed by atoms with E-state index in [2.05, 4.69) is 10.3 Å². The molecule has 0 aliphatic heterocycles. The minimum atomic E-state index is -0.401. The van der Waals surface area contributed by atoms with Gasteiger partial charge in [-0.05, 0) is 6.54 Å². The van der Waals surface area contributed by atoms with Crippen molar-refractivity contribution in [1.29, 1.82) is 0 Å². The van der Waals surface area contributed by atoms with Crippen molar-refractivity contribution in [2.24, 2.45) is 0 Å². The Balaban J connectivity index is 2.09. The third kappa shape index (κ3) is 3.18. The van der Waals surface area contributed by atoms with E-state index in [4.69, 9.17) is 0 Å². The predicted octanol–water partition coefficient (Wildman–Crippen LogP) is 1.52. The van der Waals surface area contributed by atoms with Crippen LogP contribution in [0, 0.1) is 0 Å². The van der Waals surface area contributed by atoms with Gasteiger partial charge in [-0.3, -0.25) is 0 Å². The molecule has 0 aliphatic rings. The molecule has 1 aromatic heterocycles. The van der Waals surface area contributed by atoms with Crippen LogP contribution >= 0.6 is 0 Å². The van der Waals surface area contributed by atoms with Crippen LogP contribution in [-0.4, -0.2) is 33.9 Å². The summed E-state index contributed by atoms with van der Waals surface area (Å²) in [5.41, 5.74) is 1.07. The van der Waals surface area contributed by atoms with E-state index in [1.165, 1.54) is 0 Å². The van der Waals surface area contributed by atoms with Gasteiger partial charge in [-0.15, -0.1) is 0 Å². The number of likely N-dealkylation sites (N-methyl/N-ethyl adjacent to an activating group) is 1. The predicted molar refractivity (Wildman–Crippen MR) is 72.2 cm³/mol. The summed E-state index contributed by atoms with van der Waals surface area (Å²) < 4.78 is 1.98. The van der Waals surface area contributed by atoms with E-state index in [1.807, 2.05) is 48.0 Å². The van der Waals surface area contributed by atoms with E-state index >= 15 is 0 Å². The van der Waals surface area contributed by atoms with Gasteiger partial charge in [0.1, 0.15) is 5.82 Å². The second-order valence-corrected chi connectivity index (χ2v) is 4.23. The molecule has 96 valence electrons. The molecule has 2 N–H and O–H groups in total. The summed E-state index contributed by atoms with van der Waals surface area (Å²) in [5.74, 6) is 0.895. The van der Waals surface area contributed by atoms with Gasteiger partial charge < -0.3 is 15.0 Å². The van der Waals surface area contributed by atoms with Crippen molar-refractivity contribution in [3.8, 4) is 11.4 Å². The fraction of sp³-hybridized carbons (Fsp3) is 0.357. The summed E-state index contributed by atoms with van der Waals surface area (Å²) in [7, 11) is 0. The molecule has 0 spiro atoms. The fourth-order valence-corrected chi connectivity index (χ4v) is 1.91. The van der Waals surface area contributed by atoms with E-state index in [0.29, 0.717) is 13.1 Å². The van der Waals surface area contributed by atoms with Crippen molar-refractivity contribution in [3.63, 3.8) is 0 Å². The summed E-state index contributed by atoms with van der Waals surface area (Å²) in [6.07, 6.45) is 3.27. The molecule has 0 saturated carbocycles. The molecule has 0 radical (unpaired) electrons. The minimum absolute atomic E-state index is 0.401. The van der Waals surface area contributed by atoms with Crippen molar-refractivity contribution in [1.82, 2.24) is 14.9 Å². The molecule has 2 aromatic rings. The quantitative estimate of drug-likeness (QED) is 0.811. The number of nitrogens with zero attached hydrogens (tertiary/aromatic N) is 2. The largest absolute Gasteiger partial charge is 0.390 e. The van der Waals surface area contributed by atoms with Gasteiger partial charge in [-0.2, -0.15) is 0 Å². The monoisotopic (exact) mass is 245 g/mol. The van der Waals surface area contributed by atoms with Crippen LogP contribution in [0.2, 0.25) is 0 Å². The lowest BCUT2D eigenvalue weighted by molar-refractivity contribution is 0.153. The molecular formula is C14H19N3O. The SMILES string of the molecule is CCNCC(O)Cn1ccnc1-c1ccccc1. The minimum Gasteiger partial charge on any atom is -0.390 e. The third-order valence-electron chi connectivity index (χ3n) is 2.78. The van der Waals surface area contributed by atoms with Crippen LogP contribution < -0.4 is 5.32 Å². The maximum atomic E-state index is 9.91. The van der Waals surface area contributed by atoms with Gasteiger partial charge in [-0.25, -0.2) is 4.98 Å². The lowest BCUT2D eigenvalue weighted by Crippen LogP contribution is -2.30. The summed E-state index contributed by atoms with van der Waals surface area (Å²) >= 11 is 0. The summed E-state index contributed by atoms with van der Waals surface area (Å²) in [4.78, 5) is 4.35. The first kappa shape index (κ1) is 12.8. The Morgan fingerprint density at radius 3 is 2.83 bits per heavy atom. The molecular weight excluding hydrogens is 226 g/mol. The van der Waals surface area contributed by atoms with Crippen LogP contribution in [0.5, 0.6) is 0 Å². The first-order valence-corrected chi connectivity index (χ1v) is 6.26. The zero-order valence-corrected chi connectivity index (χ0v) is 10.6. The maximum Gasteiger partial charge on any atom is 0.139 e. The van der Waals surface area contributed by atoms with E-state index in [-0.39, 0.29) is 0 Å². The summed E-state index contributed by atoms with van der Waals surface area (Å²) in [6, 6.07) is 10.0. The highest BCUT2D eigenvalue weighted by Crippen LogP contribution is 2.16. The standard InChI is InChI=1S/C14H19N3O/c1-2-15-10-13(18)11-17-9-8-16-14(17)12-6-4-3-5-7-12/h3-9,13,15,18H,2,10-11H2,1H3. The van der Waals surface area contributed by atoms with Crippen LogP contribution in [0.3, 0.4) is 0 Å². The van der Waals surface area contributed by atoms with Gasteiger partial charge in [0.25, 0.3) is 0 Å².